The van der Waals surface area contributed by atoms with Crippen LogP contribution in [0.5, 0.6) is 11.5 Å². The third kappa shape index (κ3) is 4.78. The molecule has 0 heterocycles. The van der Waals surface area contributed by atoms with Gasteiger partial charge in [0.05, 0.1) is 19.9 Å². The molecular formula is C21H26N2O4. The van der Waals surface area contributed by atoms with Crippen LogP contribution in [-0.2, 0) is 9.59 Å². The van der Waals surface area contributed by atoms with Crippen molar-refractivity contribution < 1.29 is 19.1 Å². The Bertz CT molecular complexity index is 820. The van der Waals surface area contributed by atoms with E-state index in [0.717, 1.165) is 11.3 Å². The van der Waals surface area contributed by atoms with E-state index in [0.29, 0.717) is 23.7 Å². The van der Waals surface area contributed by atoms with E-state index in [1.54, 1.807) is 30.2 Å². The highest BCUT2D eigenvalue weighted by Crippen LogP contribution is 2.32. The molecule has 27 heavy (non-hydrogen) atoms. The third-order valence-electron chi connectivity index (χ3n) is 4.28. The molecule has 144 valence electrons. The topological polar surface area (TPSA) is 59.1 Å². The van der Waals surface area contributed by atoms with E-state index in [9.17, 15) is 9.59 Å². The summed E-state index contributed by atoms with van der Waals surface area (Å²) in [6.45, 7) is 5.74. The Hall–Kier alpha value is -3.02. The predicted molar refractivity (Wildman–Crippen MR) is 107 cm³/mol. The van der Waals surface area contributed by atoms with Crippen LogP contribution < -0.4 is 19.3 Å². The number of ether oxygens (including phenoxy) is 2. The zero-order valence-corrected chi connectivity index (χ0v) is 16.5. The third-order valence-corrected chi connectivity index (χ3v) is 4.28. The van der Waals surface area contributed by atoms with E-state index >= 15 is 0 Å². The Balaban J connectivity index is 2.32. The first-order valence-electron chi connectivity index (χ1n) is 8.78. The number of hydrogen-bond donors (Lipinski definition) is 0. The first kappa shape index (κ1) is 20.3. The number of benzene rings is 2. The SMILES string of the molecule is CCN(C(=O)CN(C(C)=O)c1ccc(OC)cc1OC)c1cccc(C)c1. The highest BCUT2D eigenvalue weighted by Gasteiger charge is 2.23. The fraction of sp³-hybridized carbons (Fsp3) is 0.333. The fourth-order valence-electron chi connectivity index (χ4n) is 2.89. The lowest BCUT2D eigenvalue weighted by Crippen LogP contribution is -2.42. The van der Waals surface area contributed by atoms with Crippen molar-refractivity contribution in [3.8, 4) is 11.5 Å². The second kappa shape index (κ2) is 9.07. The minimum atomic E-state index is -0.243. The molecule has 0 saturated heterocycles. The number of anilines is 2. The van der Waals surface area contributed by atoms with Gasteiger partial charge in [0.2, 0.25) is 11.8 Å². The van der Waals surface area contributed by atoms with E-state index in [1.165, 1.54) is 18.9 Å². The molecule has 0 atom stereocenters. The average molecular weight is 370 g/mol. The second-order valence-electron chi connectivity index (χ2n) is 6.12. The van der Waals surface area contributed by atoms with Crippen molar-refractivity contribution in [2.75, 3.05) is 37.1 Å². The van der Waals surface area contributed by atoms with Crippen LogP contribution in [0.25, 0.3) is 0 Å². The van der Waals surface area contributed by atoms with Crippen LogP contribution in [-0.4, -0.2) is 39.1 Å². The summed E-state index contributed by atoms with van der Waals surface area (Å²) in [5.41, 5.74) is 2.41. The number of methoxy groups -OCH3 is 2. The highest BCUT2D eigenvalue weighted by atomic mass is 16.5. The van der Waals surface area contributed by atoms with Crippen LogP contribution in [0.3, 0.4) is 0 Å². The zero-order valence-electron chi connectivity index (χ0n) is 16.5. The molecule has 2 aromatic carbocycles. The molecule has 0 aromatic heterocycles. The number of aryl methyl sites for hydroxylation is 1. The average Bonchev–Trinajstić information content (AvgIpc) is 2.66. The molecule has 2 rings (SSSR count). The smallest absolute Gasteiger partial charge is 0.247 e. The predicted octanol–water partition coefficient (Wildman–Crippen LogP) is 3.42. The summed E-state index contributed by atoms with van der Waals surface area (Å²) in [6.07, 6.45) is 0. The monoisotopic (exact) mass is 370 g/mol. The second-order valence-corrected chi connectivity index (χ2v) is 6.12. The summed E-state index contributed by atoms with van der Waals surface area (Å²) in [4.78, 5) is 28.3. The molecule has 0 spiro atoms. The minimum absolute atomic E-state index is 0.0835. The molecule has 0 saturated carbocycles. The van der Waals surface area contributed by atoms with Crippen molar-refractivity contribution in [1.29, 1.82) is 0 Å². The summed E-state index contributed by atoms with van der Waals surface area (Å²) in [6, 6.07) is 12.9. The van der Waals surface area contributed by atoms with Crippen molar-refractivity contribution in [3.63, 3.8) is 0 Å². The number of likely N-dealkylation sites (N-methyl/N-ethyl adjacent to an activating group) is 1. The molecular weight excluding hydrogens is 344 g/mol. The molecule has 6 heteroatoms. The number of carbonyl (C=O) groups excluding carboxylic acids is 2. The molecule has 0 radical (unpaired) electrons. The first-order chi connectivity index (χ1) is 12.9. The molecule has 0 aliphatic rings. The lowest BCUT2D eigenvalue weighted by molar-refractivity contribution is -0.121. The maximum atomic E-state index is 13.0. The van der Waals surface area contributed by atoms with Gasteiger partial charge >= 0.3 is 0 Å². The van der Waals surface area contributed by atoms with E-state index < -0.39 is 0 Å². The lowest BCUT2D eigenvalue weighted by Gasteiger charge is -2.27. The number of carbonyl (C=O) groups is 2. The van der Waals surface area contributed by atoms with Crippen molar-refractivity contribution >= 4 is 23.2 Å². The zero-order chi connectivity index (χ0) is 20.0. The molecule has 0 fully saturated rings. The maximum Gasteiger partial charge on any atom is 0.247 e. The van der Waals surface area contributed by atoms with Gasteiger partial charge in [0.15, 0.2) is 0 Å². The number of nitrogens with zero attached hydrogens (tertiary/aromatic N) is 2. The molecule has 0 bridgehead atoms. The number of rotatable bonds is 7. The van der Waals surface area contributed by atoms with E-state index in [1.807, 2.05) is 38.1 Å². The summed E-state index contributed by atoms with van der Waals surface area (Å²) in [5, 5.41) is 0. The van der Waals surface area contributed by atoms with Crippen LogP contribution >= 0.6 is 0 Å². The normalized spacial score (nSPS) is 10.3. The fourth-order valence-corrected chi connectivity index (χ4v) is 2.89. The largest absolute Gasteiger partial charge is 0.497 e. The van der Waals surface area contributed by atoms with Crippen LogP contribution in [0.1, 0.15) is 19.4 Å². The van der Waals surface area contributed by atoms with Gasteiger partial charge in [-0.1, -0.05) is 12.1 Å². The van der Waals surface area contributed by atoms with Gasteiger partial charge in [-0.2, -0.15) is 0 Å². The van der Waals surface area contributed by atoms with Crippen LogP contribution in [0.15, 0.2) is 42.5 Å². The Morgan fingerprint density at radius 1 is 1.00 bits per heavy atom. The summed E-state index contributed by atoms with van der Waals surface area (Å²) in [5.74, 6) is 0.666. The van der Waals surface area contributed by atoms with Gasteiger partial charge in [0.1, 0.15) is 18.0 Å². The Labute approximate surface area is 160 Å². The van der Waals surface area contributed by atoms with Crippen LogP contribution in [0.4, 0.5) is 11.4 Å². The van der Waals surface area contributed by atoms with Crippen molar-refractivity contribution in [1.82, 2.24) is 0 Å². The molecule has 6 nitrogen and oxygen atoms in total. The lowest BCUT2D eigenvalue weighted by atomic mass is 10.2. The van der Waals surface area contributed by atoms with E-state index in [4.69, 9.17) is 9.47 Å². The minimum Gasteiger partial charge on any atom is -0.497 e. The molecule has 0 N–H and O–H groups in total. The van der Waals surface area contributed by atoms with Gasteiger partial charge in [-0.05, 0) is 43.7 Å². The van der Waals surface area contributed by atoms with Gasteiger partial charge < -0.3 is 14.4 Å². The van der Waals surface area contributed by atoms with E-state index in [-0.39, 0.29) is 18.4 Å². The van der Waals surface area contributed by atoms with Gasteiger partial charge in [-0.25, -0.2) is 0 Å². The van der Waals surface area contributed by atoms with Gasteiger partial charge in [0.25, 0.3) is 0 Å². The number of hydrogen-bond acceptors (Lipinski definition) is 4. The number of amides is 2. The molecule has 0 unspecified atom stereocenters. The van der Waals surface area contributed by atoms with Crippen LogP contribution in [0.2, 0.25) is 0 Å². The maximum absolute atomic E-state index is 13.0. The van der Waals surface area contributed by atoms with E-state index in [2.05, 4.69) is 0 Å². The van der Waals surface area contributed by atoms with Crippen molar-refractivity contribution in [2.45, 2.75) is 20.8 Å². The molecule has 2 amide bonds. The Kier molecular flexibility index (Phi) is 6.82. The first-order valence-corrected chi connectivity index (χ1v) is 8.78. The molecule has 0 aliphatic carbocycles. The van der Waals surface area contributed by atoms with Gasteiger partial charge in [-0.3, -0.25) is 14.5 Å². The summed E-state index contributed by atoms with van der Waals surface area (Å²) in [7, 11) is 3.07. The molecule has 2 aromatic rings. The van der Waals surface area contributed by atoms with Crippen LogP contribution in [0, 0.1) is 6.92 Å². The van der Waals surface area contributed by atoms with Crippen molar-refractivity contribution in [2.24, 2.45) is 0 Å². The quantitative estimate of drug-likeness (QED) is 0.749. The summed E-state index contributed by atoms with van der Waals surface area (Å²) < 4.78 is 10.6. The van der Waals surface area contributed by atoms with Gasteiger partial charge in [-0.15, -0.1) is 0 Å². The highest BCUT2D eigenvalue weighted by molar-refractivity contribution is 6.03. The van der Waals surface area contributed by atoms with Crippen molar-refractivity contribution in [3.05, 3.63) is 48.0 Å². The Morgan fingerprint density at radius 3 is 2.30 bits per heavy atom. The van der Waals surface area contributed by atoms with Gasteiger partial charge in [0, 0.05) is 25.2 Å². The Morgan fingerprint density at radius 2 is 1.74 bits per heavy atom. The summed E-state index contributed by atoms with van der Waals surface area (Å²) >= 11 is 0. The molecule has 0 aliphatic heterocycles. The standard InChI is InChI=1S/C21H26N2O4/c1-6-22(17-9-7-8-15(2)12-17)21(25)14-23(16(3)24)19-11-10-18(26-4)13-20(19)27-5/h7-13H,6,14H2,1-5H3.